The number of primary amides is 1. The van der Waals surface area contributed by atoms with Gasteiger partial charge in [-0.2, -0.15) is 13.2 Å². The van der Waals surface area contributed by atoms with Crippen molar-refractivity contribution in [3.8, 4) is 16.9 Å². The summed E-state index contributed by atoms with van der Waals surface area (Å²) in [7, 11) is 6.20. The third kappa shape index (κ3) is 4.36. The number of anilines is 1. The number of aliphatic hydroxyl groups excluding tert-OH is 2. The first kappa shape index (κ1) is 31.4. The minimum Gasteiger partial charge on any atom is -0.508 e. The van der Waals surface area contributed by atoms with E-state index in [0.717, 1.165) is 6.07 Å². The summed E-state index contributed by atoms with van der Waals surface area (Å²) < 4.78 is 42.2. The Morgan fingerprint density at radius 3 is 2.25 bits per heavy atom. The highest BCUT2D eigenvalue weighted by Crippen LogP contribution is 2.55. The maximum Gasteiger partial charge on any atom is 0.417 e. The normalized spacial score (nSPS) is 25.2. The summed E-state index contributed by atoms with van der Waals surface area (Å²) in [5, 5.41) is 45.7. The Morgan fingerprint density at radius 1 is 1.07 bits per heavy atom. The highest BCUT2D eigenvalue weighted by Gasteiger charge is 2.64. The van der Waals surface area contributed by atoms with Gasteiger partial charge in [-0.05, 0) is 62.2 Å². The van der Waals surface area contributed by atoms with Crippen LogP contribution in [0.2, 0.25) is 5.02 Å². The topological polar surface area (TPSA) is 165 Å². The first-order chi connectivity index (χ1) is 20.3. The van der Waals surface area contributed by atoms with E-state index in [1.807, 2.05) is 0 Å². The molecule has 0 saturated heterocycles. The Bertz CT molecular complexity index is 1720. The molecule has 4 unspecified atom stereocenters. The number of amides is 1. The van der Waals surface area contributed by atoms with E-state index in [-0.39, 0.29) is 29.0 Å². The van der Waals surface area contributed by atoms with Crippen molar-refractivity contribution >= 4 is 40.5 Å². The number of halogens is 4. The molecule has 44 heavy (non-hydrogen) atoms. The van der Waals surface area contributed by atoms with Gasteiger partial charge in [0.1, 0.15) is 22.8 Å². The molecule has 4 atom stereocenters. The zero-order valence-corrected chi connectivity index (χ0v) is 24.7. The number of nitrogens with zero attached hydrogens (tertiary/aromatic N) is 2. The van der Waals surface area contributed by atoms with Crippen molar-refractivity contribution in [1.29, 1.82) is 0 Å². The number of alkyl halides is 3. The van der Waals surface area contributed by atoms with Gasteiger partial charge in [-0.1, -0.05) is 17.7 Å². The van der Waals surface area contributed by atoms with E-state index in [9.17, 15) is 48.0 Å². The van der Waals surface area contributed by atoms with E-state index in [1.54, 1.807) is 19.0 Å². The second kappa shape index (κ2) is 10.2. The number of likely N-dealkylation sites (N-methyl/N-ethyl adjacent to an activating group) is 1. The van der Waals surface area contributed by atoms with Gasteiger partial charge < -0.3 is 31.1 Å². The Balaban J connectivity index is 1.80. The van der Waals surface area contributed by atoms with Crippen molar-refractivity contribution in [2.45, 2.75) is 30.7 Å². The van der Waals surface area contributed by atoms with Gasteiger partial charge in [-0.15, -0.1) is 0 Å². The van der Waals surface area contributed by atoms with Crippen LogP contribution < -0.4 is 10.6 Å². The van der Waals surface area contributed by atoms with E-state index in [2.05, 4.69) is 0 Å². The average molecular weight is 636 g/mol. The molecule has 0 radical (unpaired) electrons. The summed E-state index contributed by atoms with van der Waals surface area (Å²) in [5.74, 6) is -8.39. The number of rotatable bonds is 4. The summed E-state index contributed by atoms with van der Waals surface area (Å²) in [6, 6.07) is 3.09. The van der Waals surface area contributed by atoms with E-state index in [0.29, 0.717) is 17.3 Å². The zero-order chi connectivity index (χ0) is 32.8. The lowest BCUT2D eigenvalue weighted by molar-refractivity contribution is -0.153. The van der Waals surface area contributed by atoms with Crippen LogP contribution in [0.1, 0.15) is 23.1 Å². The van der Waals surface area contributed by atoms with Gasteiger partial charge in [0.25, 0.3) is 5.91 Å². The van der Waals surface area contributed by atoms with Gasteiger partial charge in [-0.3, -0.25) is 19.3 Å². The summed E-state index contributed by atoms with van der Waals surface area (Å²) in [6.45, 7) is 0. The maximum absolute atomic E-state index is 14.1. The number of phenolic OH excluding ortho intramolecular Hbond substituents is 1. The molecule has 0 aromatic heterocycles. The molecule has 10 nitrogen and oxygen atoms in total. The molecule has 2 aromatic rings. The first-order valence-corrected chi connectivity index (χ1v) is 13.8. The number of aromatic hydroxyl groups is 1. The fourth-order valence-corrected chi connectivity index (χ4v) is 7.05. The number of Topliss-reactive ketones (excluding diaryl/α,β-unsaturated/α-hetero) is 2. The number of hydrogen-bond acceptors (Lipinski definition) is 9. The van der Waals surface area contributed by atoms with Gasteiger partial charge >= 0.3 is 6.18 Å². The smallest absolute Gasteiger partial charge is 0.417 e. The maximum atomic E-state index is 14.1. The number of carbonyl (C=O) groups is 3. The standard InChI is InChI=1S/C30H29ClF3N3O7/c1-36(2)18-10-14(13-6-5-12(31)9-16(13)30(32,33)34)23(38)20-15(18)7-11-8-17-22(37(3)4)25(40)21(28(35)43)27(42)29(17,44)26(41)19(11)24(20)39/h5-6,9-11,17,22,38-39,42,44H,7-8H2,1-4H3,(H2,35,43). The number of fused-ring (bicyclic) bond motifs is 3. The van der Waals surface area contributed by atoms with Crippen molar-refractivity contribution in [3.05, 3.63) is 62.9 Å². The predicted octanol–water partition coefficient (Wildman–Crippen LogP) is 3.37. The van der Waals surface area contributed by atoms with E-state index < -0.39 is 86.7 Å². The van der Waals surface area contributed by atoms with E-state index in [4.69, 9.17) is 17.3 Å². The molecular formula is C30H29ClF3N3O7. The molecule has 6 N–H and O–H groups in total. The monoisotopic (exact) mass is 635 g/mol. The number of carbonyl (C=O) groups excluding carboxylic acids is 3. The Morgan fingerprint density at radius 2 is 1.70 bits per heavy atom. The lowest BCUT2D eigenvalue weighted by Gasteiger charge is -2.50. The van der Waals surface area contributed by atoms with Crippen molar-refractivity contribution in [1.82, 2.24) is 4.90 Å². The molecule has 2 aromatic carbocycles. The van der Waals surface area contributed by atoms with E-state index >= 15 is 0 Å². The fraction of sp³-hybridized carbons (Fsp3) is 0.367. The molecule has 1 fully saturated rings. The fourth-order valence-electron chi connectivity index (χ4n) is 6.88. The number of aliphatic hydroxyl groups is 3. The van der Waals surface area contributed by atoms with Crippen LogP contribution in [-0.2, 0) is 27.0 Å². The van der Waals surface area contributed by atoms with Gasteiger partial charge in [-0.25, -0.2) is 0 Å². The molecule has 234 valence electrons. The Hall–Kier alpha value is -4.07. The molecule has 5 rings (SSSR count). The lowest BCUT2D eigenvalue weighted by atomic mass is 9.57. The van der Waals surface area contributed by atoms with Crippen LogP contribution in [0.25, 0.3) is 16.9 Å². The lowest BCUT2D eigenvalue weighted by Crippen LogP contribution is -2.65. The number of ketones is 2. The minimum atomic E-state index is -4.87. The van der Waals surface area contributed by atoms with Crippen LogP contribution >= 0.6 is 11.6 Å². The van der Waals surface area contributed by atoms with Crippen LogP contribution in [0.5, 0.6) is 5.75 Å². The largest absolute Gasteiger partial charge is 0.508 e. The molecule has 0 spiro atoms. The van der Waals surface area contributed by atoms with Crippen LogP contribution in [0.15, 0.2) is 41.2 Å². The van der Waals surface area contributed by atoms with Gasteiger partial charge in [0.2, 0.25) is 5.78 Å². The third-order valence-electron chi connectivity index (χ3n) is 8.76. The minimum absolute atomic E-state index is 0.0252. The predicted molar refractivity (Wildman–Crippen MR) is 154 cm³/mol. The number of nitrogens with two attached hydrogens (primary N) is 1. The van der Waals surface area contributed by atoms with Gasteiger partial charge in [0, 0.05) is 41.9 Å². The van der Waals surface area contributed by atoms with Crippen LogP contribution in [0.3, 0.4) is 0 Å². The molecule has 0 heterocycles. The molecule has 0 bridgehead atoms. The van der Waals surface area contributed by atoms with Crippen LogP contribution in [-0.4, -0.2) is 82.6 Å². The first-order valence-electron chi connectivity index (χ1n) is 13.4. The van der Waals surface area contributed by atoms with Gasteiger partial charge in [0.05, 0.1) is 17.2 Å². The molecule has 1 amide bonds. The third-order valence-corrected chi connectivity index (χ3v) is 8.99. The van der Waals surface area contributed by atoms with Crippen LogP contribution in [0, 0.1) is 11.8 Å². The van der Waals surface area contributed by atoms with Crippen LogP contribution in [0.4, 0.5) is 18.9 Å². The Labute approximate surface area is 254 Å². The Kier molecular flexibility index (Phi) is 7.30. The van der Waals surface area contributed by atoms with Crippen molar-refractivity contribution in [2.24, 2.45) is 17.6 Å². The summed E-state index contributed by atoms with van der Waals surface area (Å²) in [4.78, 5) is 42.5. The zero-order valence-electron chi connectivity index (χ0n) is 24.0. The summed E-state index contributed by atoms with van der Waals surface area (Å²) in [5.41, 5.74) is -0.451. The van der Waals surface area contributed by atoms with Crippen molar-refractivity contribution in [3.63, 3.8) is 0 Å². The highest BCUT2D eigenvalue weighted by atomic mass is 35.5. The molecule has 1 saturated carbocycles. The van der Waals surface area contributed by atoms with Gasteiger partial charge in [0.15, 0.2) is 11.4 Å². The van der Waals surface area contributed by atoms with Crippen molar-refractivity contribution < 1.29 is 48.0 Å². The molecule has 14 heteroatoms. The molecular weight excluding hydrogens is 607 g/mol. The van der Waals surface area contributed by atoms with E-state index in [1.165, 1.54) is 31.1 Å². The second-order valence-electron chi connectivity index (χ2n) is 11.7. The summed E-state index contributed by atoms with van der Waals surface area (Å²) in [6.07, 6.45) is -5.02. The second-order valence-corrected chi connectivity index (χ2v) is 12.1. The number of hydrogen-bond donors (Lipinski definition) is 5. The number of phenols is 1. The number of benzene rings is 2. The SMILES string of the molecule is CN(C)c1cc(-c2ccc(Cl)cc2C(F)(F)F)c(O)c2c1CC1CC3C(N(C)C)C(=O)C(C(N)=O)=C(O)C3(O)C(=O)C1=C2O. The molecule has 0 aliphatic heterocycles. The average Bonchev–Trinajstić information content (AvgIpc) is 2.90. The quantitative estimate of drug-likeness (QED) is 0.317. The highest BCUT2D eigenvalue weighted by molar-refractivity contribution is 6.30. The molecule has 3 aliphatic carbocycles. The van der Waals surface area contributed by atoms with Crippen molar-refractivity contribution in [2.75, 3.05) is 33.1 Å². The molecule has 3 aliphatic rings. The summed E-state index contributed by atoms with van der Waals surface area (Å²) >= 11 is 5.86.